The predicted octanol–water partition coefficient (Wildman–Crippen LogP) is 1.82. The van der Waals surface area contributed by atoms with E-state index < -0.39 is 0 Å². The van der Waals surface area contributed by atoms with E-state index >= 15 is 0 Å². The molecule has 0 aliphatic carbocycles. The maximum Gasteiger partial charge on any atom is 0.322 e. The first-order valence-electron chi connectivity index (χ1n) is 6.74. The summed E-state index contributed by atoms with van der Waals surface area (Å²) in [7, 11) is 0. The van der Waals surface area contributed by atoms with Crippen LogP contribution in [0.15, 0.2) is 0 Å². The van der Waals surface area contributed by atoms with Crippen molar-refractivity contribution in [1.82, 2.24) is 19.9 Å². The second-order valence-corrected chi connectivity index (χ2v) is 4.83. The number of rotatable bonds is 5. The Hall–Kier alpha value is -1.14. The number of piperidine rings is 1. The summed E-state index contributed by atoms with van der Waals surface area (Å²) in [4.78, 5) is 14.6. The van der Waals surface area contributed by atoms with Crippen LogP contribution in [0.4, 0.5) is 5.95 Å². The number of nitrogens with one attached hydrogen (secondary N) is 1. The zero-order chi connectivity index (χ0) is 13.7. The van der Waals surface area contributed by atoms with Crippen LogP contribution in [0.5, 0.6) is 6.01 Å². The Labute approximate surface area is 118 Å². The molecule has 1 fully saturated rings. The average Bonchev–Trinajstić information content (AvgIpc) is 2.39. The van der Waals surface area contributed by atoms with Gasteiger partial charge in [-0.2, -0.15) is 15.0 Å². The smallest absolute Gasteiger partial charge is 0.322 e. The summed E-state index contributed by atoms with van der Waals surface area (Å²) in [5.74, 6) is 0.499. The average molecular weight is 286 g/mol. The molecular formula is C12H20ClN5O. The van der Waals surface area contributed by atoms with Crippen molar-refractivity contribution in [2.75, 3.05) is 31.6 Å². The second-order valence-electron chi connectivity index (χ2n) is 4.50. The van der Waals surface area contributed by atoms with Crippen molar-refractivity contribution in [1.29, 1.82) is 0 Å². The molecule has 0 saturated carbocycles. The number of aromatic nitrogens is 3. The van der Waals surface area contributed by atoms with Crippen LogP contribution < -0.4 is 10.1 Å². The number of hydrogen-bond acceptors (Lipinski definition) is 6. The highest BCUT2D eigenvalue weighted by atomic mass is 35.5. The molecule has 0 atom stereocenters. The van der Waals surface area contributed by atoms with Crippen LogP contribution in [0, 0.1) is 0 Å². The first-order chi connectivity index (χ1) is 9.21. The fraction of sp³-hybridized carbons (Fsp3) is 0.750. The SMILES string of the molecule is CCOc1nc(Cl)nc(NC2CCN(CC)CC2)n1. The Morgan fingerprint density at radius 2 is 2.00 bits per heavy atom. The molecule has 1 aliphatic rings. The van der Waals surface area contributed by atoms with Gasteiger partial charge in [0.25, 0.3) is 0 Å². The molecule has 19 heavy (non-hydrogen) atoms. The maximum absolute atomic E-state index is 5.86. The van der Waals surface area contributed by atoms with Crippen LogP contribution in [0.25, 0.3) is 0 Å². The van der Waals surface area contributed by atoms with Crippen LogP contribution in [0.3, 0.4) is 0 Å². The third-order valence-corrected chi connectivity index (χ3v) is 3.40. The van der Waals surface area contributed by atoms with Gasteiger partial charge in [0.1, 0.15) is 0 Å². The van der Waals surface area contributed by atoms with Crippen molar-refractivity contribution in [3.8, 4) is 6.01 Å². The third kappa shape index (κ3) is 4.18. The largest absolute Gasteiger partial charge is 0.464 e. The summed E-state index contributed by atoms with van der Waals surface area (Å²) >= 11 is 5.86. The molecule has 0 radical (unpaired) electrons. The number of halogens is 1. The van der Waals surface area contributed by atoms with Gasteiger partial charge in [-0.25, -0.2) is 0 Å². The Bertz CT molecular complexity index is 409. The van der Waals surface area contributed by atoms with E-state index in [0.717, 1.165) is 32.5 Å². The number of ether oxygens (including phenoxy) is 1. The number of nitrogens with zero attached hydrogens (tertiary/aromatic N) is 4. The molecule has 1 aromatic heterocycles. The first kappa shape index (κ1) is 14.3. The van der Waals surface area contributed by atoms with Crippen molar-refractivity contribution in [2.24, 2.45) is 0 Å². The molecule has 0 aromatic carbocycles. The zero-order valence-corrected chi connectivity index (χ0v) is 12.2. The van der Waals surface area contributed by atoms with E-state index in [1.807, 2.05) is 6.92 Å². The predicted molar refractivity (Wildman–Crippen MR) is 74.8 cm³/mol. The fourth-order valence-corrected chi connectivity index (χ4v) is 2.32. The van der Waals surface area contributed by atoms with Crippen molar-refractivity contribution >= 4 is 17.5 Å². The third-order valence-electron chi connectivity index (χ3n) is 3.23. The van der Waals surface area contributed by atoms with E-state index in [2.05, 4.69) is 32.1 Å². The number of anilines is 1. The standard InChI is InChI=1S/C12H20ClN5O/c1-3-18-7-5-9(6-8-18)14-11-15-10(13)16-12(17-11)19-4-2/h9H,3-8H2,1-2H3,(H,14,15,16,17). The Balaban J connectivity index is 1.95. The highest BCUT2D eigenvalue weighted by Gasteiger charge is 2.19. The molecule has 0 unspecified atom stereocenters. The van der Waals surface area contributed by atoms with E-state index in [4.69, 9.17) is 16.3 Å². The van der Waals surface area contributed by atoms with Gasteiger partial charge in [-0.15, -0.1) is 0 Å². The molecule has 0 amide bonds. The van der Waals surface area contributed by atoms with Gasteiger partial charge >= 0.3 is 6.01 Å². The van der Waals surface area contributed by atoms with Gasteiger partial charge in [-0.1, -0.05) is 6.92 Å². The summed E-state index contributed by atoms with van der Waals surface area (Å²) in [6.07, 6.45) is 2.17. The molecule has 6 nitrogen and oxygen atoms in total. The topological polar surface area (TPSA) is 63.2 Å². The van der Waals surface area contributed by atoms with Gasteiger partial charge < -0.3 is 15.0 Å². The molecule has 7 heteroatoms. The molecule has 0 spiro atoms. The van der Waals surface area contributed by atoms with E-state index in [9.17, 15) is 0 Å². The van der Waals surface area contributed by atoms with Gasteiger partial charge in [0, 0.05) is 19.1 Å². The lowest BCUT2D eigenvalue weighted by Crippen LogP contribution is -2.39. The van der Waals surface area contributed by atoms with Gasteiger partial charge in [0.05, 0.1) is 6.61 Å². The van der Waals surface area contributed by atoms with Crippen molar-refractivity contribution < 1.29 is 4.74 Å². The van der Waals surface area contributed by atoms with Crippen LogP contribution >= 0.6 is 11.6 Å². The highest BCUT2D eigenvalue weighted by Crippen LogP contribution is 2.16. The molecule has 1 aromatic rings. The zero-order valence-electron chi connectivity index (χ0n) is 11.4. The fourth-order valence-electron chi connectivity index (χ4n) is 2.17. The van der Waals surface area contributed by atoms with E-state index in [1.54, 1.807) is 0 Å². The lowest BCUT2D eigenvalue weighted by Gasteiger charge is -2.31. The minimum atomic E-state index is 0.159. The van der Waals surface area contributed by atoms with Crippen LogP contribution in [-0.2, 0) is 0 Å². The van der Waals surface area contributed by atoms with Crippen LogP contribution in [0.1, 0.15) is 26.7 Å². The molecular weight excluding hydrogens is 266 g/mol. The molecule has 2 heterocycles. The van der Waals surface area contributed by atoms with Crippen molar-refractivity contribution in [2.45, 2.75) is 32.7 Å². The second kappa shape index (κ2) is 6.86. The molecule has 1 aliphatic heterocycles. The Kier molecular flexibility index (Phi) is 5.15. The van der Waals surface area contributed by atoms with Gasteiger partial charge in [0.15, 0.2) is 0 Å². The minimum absolute atomic E-state index is 0.159. The summed E-state index contributed by atoms with van der Waals surface area (Å²) in [5, 5.41) is 3.47. The Morgan fingerprint density at radius 3 is 2.63 bits per heavy atom. The minimum Gasteiger partial charge on any atom is -0.464 e. The quantitative estimate of drug-likeness (QED) is 0.890. The van der Waals surface area contributed by atoms with Gasteiger partial charge in [-0.3, -0.25) is 0 Å². The van der Waals surface area contributed by atoms with Crippen LogP contribution in [-0.4, -0.2) is 52.1 Å². The van der Waals surface area contributed by atoms with Crippen LogP contribution in [0.2, 0.25) is 5.28 Å². The first-order valence-corrected chi connectivity index (χ1v) is 7.12. The number of hydrogen-bond donors (Lipinski definition) is 1. The lowest BCUT2D eigenvalue weighted by atomic mass is 10.1. The summed E-state index contributed by atoms with van der Waals surface area (Å²) in [6, 6.07) is 0.659. The molecule has 106 valence electrons. The molecule has 0 bridgehead atoms. The Morgan fingerprint density at radius 1 is 1.26 bits per heavy atom. The van der Waals surface area contributed by atoms with Crippen molar-refractivity contribution in [3.63, 3.8) is 0 Å². The monoisotopic (exact) mass is 285 g/mol. The lowest BCUT2D eigenvalue weighted by molar-refractivity contribution is 0.229. The van der Waals surface area contributed by atoms with Gasteiger partial charge in [0.2, 0.25) is 11.2 Å². The van der Waals surface area contributed by atoms with E-state index in [-0.39, 0.29) is 11.3 Å². The highest BCUT2D eigenvalue weighted by molar-refractivity contribution is 6.28. The van der Waals surface area contributed by atoms with Crippen molar-refractivity contribution in [3.05, 3.63) is 5.28 Å². The number of likely N-dealkylation sites (tertiary alicyclic amines) is 1. The summed E-state index contributed by atoms with van der Waals surface area (Å²) in [5.41, 5.74) is 0. The molecule has 2 rings (SSSR count). The normalized spacial score (nSPS) is 17.4. The maximum atomic E-state index is 5.86. The molecule has 1 saturated heterocycles. The summed E-state index contributed by atoms with van der Waals surface area (Å²) in [6.45, 7) is 7.89. The van der Waals surface area contributed by atoms with E-state index in [0.29, 0.717) is 18.6 Å². The van der Waals surface area contributed by atoms with E-state index in [1.165, 1.54) is 0 Å². The molecule has 1 N–H and O–H groups in total. The summed E-state index contributed by atoms with van der Waals surface area (Å²) < 4.78 is 5.26. The van der Waals surface area contributed by atoms with Gasteiger partial charge in [-0.05, 0) is 37.9 Å².